The number of carboxylic acid groups (broad SMARTS) is 1. The lowest BCUT2D eigenvalue weighted by atomic mass is 9.74. The SMILES string of the molecule is CCC(C)OC(=O)CC(CC(C)(C)C(C)C)C(=O)O. The third-order valence-corrected chi connectivity index (χ3v) is 4.01. The fraction of sp³-hybridized carbons (Fsp3) is 0.867. The van der Waals surface area contributed by atoms with Crippen LogP contribution in [-0.4, -0.2) is 23.1 Å². The van der Waals surface area contributed by atoms with E-state index in [4.69, 9.17) is 4.74 Å². The number of rotatable bonds is 8. The number of carboxylic acids is 1. The molecule has 0 amide bonds. The zero-order chi connectivity index (χ0) is 15.2. The monoisotopic (exact) mass is 272 g/mol. The number of hydrogen-bond acceptors (Lipinski definition) is 3. The van der Waals surface area contributed by atoms with Crippen LogP contribution in [0.15, 0.2) is 0 Å². The molecule has 4 nitrogen and oxygen atoms in total. The molecule has 0 aromatic carbocycles. The highest BCUT2D eigenvalue weighted by atomic mass is 16.5. The zero-order valence-electron chi connectivity index (χ0n) is 13.0. The van der Waals surface area contributed by atoms with Crippen LogP contribution in [0.3, 0.4) is 0 Å². The maximum absolute atomic E-state index is 11.7. The molecule has 2 atom stereocenters. The molecule has 0 saturated carbocycles. The molecule has 4 heteroatoms. The first-order valence-electron chi connectivity index (χ1n) is 7.02. The van der Waals surface area contributed by atoms with Gasteiger partial charge in [-0.1, -0.05) is 34.6 Å². The summed E-state index contributed by atoms with van der Waals surface area (Å²) in [7, 11) is 0. The summed E-state index contributed by atoms with van der Waals surface area (Å²) in [5, 5.41) is 9.25. The van der Waals surface area contributed by atoms with Gasteiger partial charge in [-0.15, -0.1) is 0 Å². The molecule has 112 valence electrons. The van der Waals surface area contributed by atoms with Crippen molar-refractivity contribution in [3.8, 4) is 0 Å². The molecule has 0 saturated heterocycles. The molecule has 0 rings (SSSR count). The Morgan fingerprint density at radius 3 is 2.11 bits per heavy atom. The molecule has 0 radical (unpaired) electrons. The van der Waals surface area contributed by atoms with E-state index in [1.54, 1.807) is 0 Å². The zero-order valence-corrected chi connectivity index (χ0v) is 13.0. The minimum absolute atomic E-state index is 0.0458. The lowest BCUT2D eigenvalue weighted by Gasteiger charge is -2.31. The van der Waals surface area contributed by atoms with Crippen molar-refractivity contribution < 1.29 is 19.4 Å². The largest absolute Gasteiger partial charge is 0.481 e. The summed E-state index contributed by atoms with van der Waals surface area (Å²) in [6, 6.07) is 0. The van der Waals surface area contributed by atoms with Crippen molar-refractivity contribution in [3.63, 3.8) is 0 Å². The van der Waals surface area contributed by atoms with Gasteiger partial charge >= 0.3 is 11.9 Å². The molecule has 1 N–H and O–H groups in total. The number of hydrogen-bond donors (Lipinski definition) is 1. The van der Waals surface area contributed by atoms with E-state index in [1.165, 1.54) is 0 Å². The highest BCUT2D eigenvalue weighted by molar-refractivity contribution is 5.78. The van der Waals surface area contributed by atoms with Gasteiger partial charge in [-0.25, -0.2) is 0 Å². The number of ether oxygens (including phenoxy) is 1. The Labute approximate surface area is 116 Å². The predicted molar refractivity (Wildman–Crippen MR) is 74.8 cm³/mol. The van der Waals surface area contributed by atoms with Gasteiger partial charge in [0, 0.05) is 0 Å². The standard InChI is InChI=1S/C15H28O4/c1-7-11(4)19-13(16)8-12(14(17)18)9-15(5,6)10(2)3/h10-12H,7-9H2,1-6H3,(H,17,18). The first-order valence-corrected chi connectivity index (χ1v) is 7.02. The minimum atomic E-state index is -0.921. The molecule has 0 aliphatic heterocycles. The van der Waals surface area contributed by atoms with Crippen LogP contribution in [0.4, 0.5) is 0 Å². The highest BCUT2D eigenvalue weighted by Gasteiger charge is 2.32. The van der Waals surface area contributed by atoms with Crippen molar-refractivity contribution in [2.75, 3.05) is 0 Å². The molecular formula is C15H28O4. The van der Waals surface area contributed by atoms with Gasteiger partial charge in [-0.2, -0.15) is 0 Å². The maximum atomic E-state index is 11.7. The van der Waals surface area contributed by atoms with Crippen LogP contribution in [0, 0.1) is 17.3 Å². The van der Waals surface area contributed by atoms with E-state index in [1.807, 2.05) is 27.7 Å². The van der Waals surface area contributed by atoms with Crippen LogP contribution in [0.1, 0.15) is 60.8 Å². The number of aliphatic carboxylic acids is 1. The lowest BCUT2D eigenvalue weighted by Crippen LogP contribution is -2.29. The molecular weight excluding hydrogens is 244 g/mol. The Hall–Kier alpha value is -1.06. The Balaban J connectivity index is 4.59. The van der Waals surface area contributed by atoms with Gasteiger partial charge < -0.3 is 9.84 Å². The second-order valence-corrected chi connectivity index (χ2v) is 6.30. The second-order valence-electron chi connectivity index (χ2n) is 6.30. The van der Waals surface area contributed by atoms with Gasteiger partial charge in [0.2, 0.25) is 0 Å². The van der Waals surface area contributed by atoms with Gasteiger partial charge in [0.15, 0.2) is 0 Å². The van der Waals surface area contributed by atoms with Crippen molar-refractivity contribution in [2.24, 2.45) is 17.3 Å². The van der Waals surface area contributed by atoms with Gasteiger partial charge in [0.05, 0.1) is 18.4 Å². The molecule has 0 aromatic rings. The van der Waals surface area contributed by atoms with Crippen molar-refractivity contribution in [1.29, 1.82) is 0 Å². The minimum Gasteiger partial charge on any atom is -0.481 e. The highest BCUT2D eigenvalue weighted by Crippen LogP contribution is 2.34. The fourth-order valence-corrected chi connectivity index (χ4v) is 1.67. The van der Waals surface area contributed by atoms with Gasteiger partial charge in [-0.05, 0) is 31.1 Å². The smallest absolute Gasteiger partial charge is 0.307 e. The fourth-order valence-electron chi connectivity index (χ4n) is 1.67. The van der Waals surface area contributed by atoms with Crippen LogP contribution in [0.2, 0.25) is 0 Å². The molecule has 19 heavy (non-hydrogen) atoms. The van der Waals surface area contributed by atoms with E-state index in [-0.39, 0.29) is 17.9 Å². The van der Waals surface area contributed by atoms with Gasteiger partial charge in [0.1, 0.15) is 0 Å². The Bertz CT molecular complexity index is 307. The second kappa shape index (κ2) is 7.51. The summed E-state index contributed by atoms with van der Waals surface area (Å²) in [6.45, 7) is 11.9. The van der Waals surface area contributed by atoms with E-state index in [2.05, 4.69) is 13.8 Å². The average molecular weight is 272 g/mol. The first-order chi connectivity index (χ1) is 8.60. The van der Waals surface area contributed by atoms with Crippen LogP contribution >= 0.6 is 0 Å². The normalized spacial score (nSPS) is 15.1. The molecule has 0 aromatic heterocycles. The number of carbonyl (C=O) groups is 2. The van der Waals surface area contributed by atoms with Gasteiger partial charge in [0.25, 0.3) is 0 Å². The van der Waals surface area contributed by atoms with Crippen molar-refractivity contribution in [1.82, 2.24) is 0 Å². The van der Waals surface area contributed by atoms with Crippen molar-refractivity contribution in [2.45, 2.75) is 66.9 Å². The molecule has 0 aliphatic rings. The summed E-state index contributed by atoms with van der Waals surface area (Å²) in [4.78, 5) is 23.0. The van der Waals surface area contributed by atoms with Crippen LogP contribution in [0.25, 0.3) is 0 Å². The summed E-state index contributed by atoms with van der Waals surface area (Å²) in [5.74, 6) is -1.65. The Morgan fingerprint density at radius 1 is 1.21 bits per heavy atom. The maximum Gasteiger partial charge on any atom is 0.307 e. The van der Waals surface area contributed by atoms with Crippen LogP contribution in [-0.2, 0) is 14.3 Å². The predicted octanol–water partition coefficient (Wildman–Crippen LogP) is 3.49. The Kier molecular flexibility index (Phi) is 7.09. The topological polar surface area (TPSA) is 63.6 Å². The van der Waals surface area contributed by atoms with E-state index in [9.17, 15) is 14.7 Å². The third-order valence-electron chi connectivity index (χ3n) is 4.01. The van der Waals surface area contributed by atoms with Crippen LogP contribution in [0.5, 0.6) is 0 Å². The van der Waals surface area contributed by atoms with E-state index >= 15 is 0 Å². The van der Waals surface area contributed by atoms with E-state index < -0.39 is 17.9 Å². The molecule has 0 bridgehead atoms. The molecule has 0 heterocycles. The molecule has 0 fully saturated rings. The average Bonchev–Trinajstić information content (AvgIpc) is 2.27. The summed E-state index contributed by atoms with van der Waals surface area (Å²) >= 11 is 0. The molecule has 0 aliphatic carbocycles. The van der Waals surface area contributed by atoms with Gasteiger partial charge in [-0.3, -0.25) is 9.59 Å². The van der Waals surface area contributed by atoms with E-state index in [0.29, 0.717) is 12.3 Å². The lowest BCUT2D eigenvalue weighted by molar-refractivity contribution is -0.155. The van der Waals surface area contributed by atoms with Crippen LogP contribution < -0.4 is 0 Å². The third kappa shape index (κ3) is 6.60. The Morgan fingerprint density at radius 2 is 1.74 bits per heavy atom. The molecule has 0 spiro atoms. The quantitative estimate of drug-likeness (QED) is 0.687. The summed E-state index contributed by atoms with van der Waals surface area (Å²) in [6.07, 6.45) is 1.02. The van der Waals surface area contributed by atoms with Crippen molar-refractivity contribution in [3.05, 3.63) is 0 Å². The van der Waals surface area contributed by atoms with Crippen molar-refractivity contribution >= 4 is 11.9 Å². The number of carbonyl (C=O) groups excluding carboxylic acids is 1. The van der Waals surface area contributed by atoms with E-state index in [0.717, 1.165) is 6.42 Å². The summed E-state index contributed by atoms with van der Waals surface area (Å²) in [5.41, 5.74) is -0.111. The molecule has 2 unspecified atom stereocenters. The number of esters is 1. The summed E-state index contributed by atoms with van der Waals surface area (Å²) < 4.78 is 5.15. The first kappa shape index (κ1) is 17.9.